The molecule has 2 rings (SSSR count). The van der Waals surface area contributed by atoms with Crippen LogP contribution in [0, 0.1) is 0 Å². The van der Waals surface area contributed by atoms with E-state index in [1.807, 2.05) is 50.2 Å². The standard InChI is InChI=1S/C23H28Cl2N2O2S/c1-3-13-26-23(29)21(4-2)27(14-17-9-11-19(24)12-10-17)22(28)16-30-15-18-7-5-6-8-20(18)25/h5-12,21H,3-4,13-16H2,1-2H3,(H,26,29)/t21-/m1/s1. The van der Waals surface area contributed by atoms with E-state index in [0.717, 1.165) is 17.5 Å². The van der Waals surface area contributed by atoms with Crippen molar-refractivity contribution < 1.29 is 9.59 Å². The lowest BCUT2D eigenvalue weighted by molar-refractivity contribution is -0.139. The molecule has 0 spiro atoms. The SMILES string of the molecule is CCCNC(=O)[C@@H](CC)N(Cc1ccc(Cl)cc1)C(=O)CSCc1ccccc1Cl. The van der Waals surface area contributed by atoms with Gasteiger partial charge in [0.25, 0.3) is 0 Å². The molecule has 7 heteroatoms. The summed E-state index contributed by atoms with van der Waals surface area (Å²) in [4.78, 5) is 27.5. The highest BCUT2D eigenvalue weighted by molar-refractivity contribution is 7.99. The van der Waals surface area contributed by atoms with Gasteiger partial charge in [-0.15, -0.1) is 11.8 Å². The molecule has 1 atom stereocenters. The van der Waals surface area contributed by atoms with Crippen molar-refractivity contribution in [2.24, 2.45) is 0 Å². The Kier molecular flexibility index (Phi) is 10.6. The Morgan fingerprint density at radius 2 is 1.77 bits per heavy atom. The number of nitrogens with one attached hydrogen (secondary N) is 1. The molecule has 0 unspecified atom stereocenters. The number of thioether (sulfide) groups is 1. The van der Waals surface area contributed by atoms with Crippen molar-refractivity contribution in [2.75, 3.05) is 12.3 Å². The zero-order valence-corrected chi connectivity index (χ0v) is 19.7. The summed E-state index contributed by atoms with van der Waals surface area (Å²) >= 11 is 13.7. The molecule has 0 aromatic heterocycles. The molecule has 0 radical (unpaired) electrons. The van der Waals surface area contributed by atoms with Gasteiger partial charge in [-0.3, -0.25) is 9.59 Å². The molecule has 1 N–H and O–H groups in total. The Morgan fingerprint density at radius 3 is 2.40 bits per heavy atom. The van der Waals surface area contributed by atoms with Crippen LogP contribution < -0.4 is 5.32 Å². The normalized spacial score (nSPS) is 11.7. The van der Waals surface area contributed by atoms with Crippen molar-refractivity contribution in [2.45, 2.75) is 45.0 Å². The summed E-state index contributed by atoms with van der Waals surface area (Å²) in [7, 11) is 0. The predicted molar refractivity (Wildman–Crippen MR) is 127 cm³/mol. The number of carbonyl (C=O) groups is 2. The molecular formula is C23H28Cl2N2O2S. The highest BCUT2D eigenvalue weighted by Crippen LogP contribution is 2.22. The Hall–Kier alpha value is -1.69. The molecule has 30 heavy (non-hydrogen) atoms. The van der Waals surface area contributed by atoms with Crippen molar-refractivity contribution in [3.8, 4) is 0 Å². The molecule has 2 amide bonds. The van der Waals surface area contributed by atoms with Gasteiger partial charge in [-0.05, 0) is 42.2 Å². The van der Waals surface area contributed by atoms with Gasteiger partial charge in [0.15, 0.2) is 0 Å². The minimum Gasteiger partial charge on any atom is -0.354 e. The second kappa shape index (κ2) is 12.9. The van der Waals surface area contributed by atoms with E-state index in [-0.39, 0.29) is 17.6 Å². The van der Waals surface area contributed by atoms with E-state index in [0.29, 0.717) is 35.3 Å². The van der Waals surface area contributed by atoms with Crippen LogP contribution >= 0.6 is 35.0 Å². The fourth-order valence-corrected chi connectivity index (χ4v) is 4.34. The molecule has 0 bridgehead atoms. The molecule has 0 aliphatic carbocycles. The van der Waals surface area contributed by atoms with Crippen molar-refractivity contribution in [1.29, 1.82) is 0 Å². The molecule has 0 aliphatic heterocycles. The van der Waals surface area contributed by atoms with E-state index in [2.05, 4.69) is 5.32 Å². The average molecular weight is 467 g/mol. The van der Waals surface area contributed by atoms with E-state index in [1.54, 1.807) is 17.0 Å². The summed E-state index contributed by atoms with van der Waals surface area (Å²) in [5, 5.41) is 4.26. The van der Waals surface area contributed by atoms with Gasteiger partial charge in [-0.1, -0.05) is 67.4 Å². The van der Waals surface area contributed by atoms with E-state index >= 15 is 0 Å². The first kappa shape index (κ1) is 24.6. The van der Waals surface area contributed by atoms with Crippen molar-refractivity contribution in [3.63, 3.8) is 0 Å². The molecule has 4 nitrogen and oxygen atoms in total. The summed E-state index contributed by atoms with van der Waals surface area (Å²) in [5.41, 5.74) is 1.93. The monoisotopic (exact) mass is 466 g/mol. The molecule has 0 saturated carbocycles. The van der Waals surface area contributed by atoms with Gasteiger partial charge >= 0.3 is 0 Å². The summed E-state index contributed by atoms with van der Waals surface area (Å²) < 4.78 is 0. The predicted octanol–water partition coefficient (Wildman–Crippen LogP) is 5.56. The molecular weight excluding hydrogens is 439 g/mol. The third kappa shape index (κ3) is 7.53. The van der Waals surface area contributed by atoms with Crippen LogP contribution in [-0.4, -0.2) is 35.1 Å². The van der Waals surface area contributed by atoms with Crippen LogP contribution in [0.5, 0.6) is 0 Å². The Balaban J connectivity index is 2.11. The molecule has 0 heterocycles. The van der Waals surface area contributed by atoms with Gasteiger partial charge < -0.3 is 10.2 Å². The van der Waals surface area contributed by atoms with Crippen molar-refractivity contribution in [1.82, 2.24) is 10.2 Å². The van der Waals surface area contributed by atoms with Gasteiger partial charge in [0, 0.05) is 28.9 Å². The largest absolute Gasteiger partial charge is 0.354 e. The van der Waals surface area contributed by atoms with E-state index in [1.165, 1.54) is 11.8 Å². The maximum absolute atomic E-state index is 13.1. The van der Waals surface area contributed by atoms with E-state index in [9.17, 15) is 9.59 Å². The second-order valence-electron chi connectivity index (χ2n) is 6.95. The Bertz CT molecular complexity index is 830. The van der Waals surface area contributed by atoms with Gasteiger partial charge in [0.05, 0.1) is 5.75 Å². The van der Waals surface area contributed by atoms with Crippen LogP contribution in [0.2, 0.25) is 10.0 Å². The molecule has 162 valence electrons. The highest BCUT2D eigenvalue weighted by atomic mass is 35.5. The molecule has 2 aromatic carbocycles. The Labute approximate surface area is 193 Å². The maximum Gasteiger partial charge on any atom is 0.242 e. The lowest BCUT2D eigenvalue weighted by atomic mass is 10.1. The van der Waals surface area contributed by atoms with Gasteiger partial charge in [0.1, 0.15) is 6.04 Å². The Morgan fingerprint density at radius 1 is 1.07 bits per heavy atom. The zero-order chi connectivity index (χ0) is 21.9. The minimum atomic E-state index is -0.513. The van der Waals surface area contributed by atoms with Gasteiger partial charge in [-0.25, -0.2) is 0 Å². The third-order valence-electron chi connectivity index (χ3n) is 4.64. The minimum absolute atomic E-state index is 0.0690. The molecule has 0 fully saturated rings. The van der Waals surface area contributed by atoms with E-state index in [4.69, 9.17) is 23.2 Å². The summed E-state index contributed by atoms with van der Waals surface area (Å²) in [6.45, 7) is 4.89. The lowest BCUT2D eigenvalue weighted by Gasteiger charge is -2.30. The van der Waals surface area contributed by atoms with Gasteiger partial charge in [0.2, 0.25) is 11.8 Å². The summed E-state index contributed by atoms with van der Waals surface area (Å²) in [6, 6.07) is 14.5. The second-order valence-corrected chi connectivity index (χ2v) is 8.78. The zero-order valence-electron chi connectivity index (χ0n) is 17.4. The molecule has 2 aromatic rings. The number of nitrogens with zero attached hydrogens (tertiary/aromatic N) is 1. The lowest BCUT2D eigenvalue weighted by Crippen LogP contribution is -2.49. The number of rotatable bonds is 11. The quantitative estimate of drug-likeness (QED) is 0.471. The fraction of sp³-hybridized carbons (Fsp3) is 0.391. The molecule has 0 saturated heterocycles. The first-order valence-electron chi connectivity index (χ1n) is 10.1. The van der Waals surface area contributed by atoms with Crippen molar-refractivity contribution >= 4 is 46.8 Å². The van der Waals surface area contributed by atoms with Crippen LogP contribution in [0.1, 0.15) is 37.8 Å². The fourth-order valence-electron chi connectivity index (χ4n) is 3.02. The number of carbonyl (C=O) groups excluding carboxylic acids is 2. The van der Waals surface area contributed by atoms with Crippen molar-refractivity contribution in [3.05, 3.63) is 69.7 Å². The third-order valence-corrected chi connectivity index (χ3v) is 6.23. The smallest absolute Gasteiger partial charge is 0.242 e. The van der Waals surface area contributed by atoms with Crippen LogP contribution in [0.25, 0.3) is 0 Å². The van der Waals surface area contributed by atoms with E-state index < -0.39 is 6.04 Å². The van der Waals surface area contributed by atoms with Crippen LogP contribution in [0.4, 0.5) is 0 Å². The van der Waals surface area contributed by atoms with Crippen LogP contribution in [0.3, 0.4) is 0 Å². The van der Waals surface area contributed by atoms with Crippen LogP contribution in [-0.2, 0) is 21.9 Å². The molecule has 0 aliphatic rings. The first-order valence-corrected chi connectivity index (χ1v) is 12.0. The highest BCUT2D eigenvalue weighted by Gasteiger charge is 2.28. The average Bonchev–Trinajstić information content (AvgIpc) is 2.74. The number of amides is 2. The van der Waals surface area contributed by atoms with Crippen LogP contribution in [0.15, 0.2) is 48.5 Å². The number of halogens is 2. The maximum atomic E-state index is 13.1. The topological polar surface area (TPSA) is 49.4 Å². The number of hydrogen-bond acceptors (Lipinski definition) is 3. The number of hydrogen-bond donors (Lipinski definition) is 1. The summed E-state index contributed by atoms with van der Waals surface area (Å²) in [6.07, 6.45) is 1.39. The number of benzene rings is 2. The summed E-state index contributed by atoms with van der Waals surface area (Å²) in [5.74, 6) is 0.730. The van der Waals surface area contributed by atoms with Gasteiger partial charge in [-0.2, -0.15) is 0 Å². The first-order chi connectivity index (χ1) is 14.5.